The molecular weight excluding hydrogens is 138 g/mol. The van der Waals surface area contributed by atoms with E-state index in [1.807, 2.05) is 12.1 Å². The van der Waals surface area contributed by atoms with Crippen LogP contribution in [0.4, 0.5) is 0 Å². The molecule has 3 nitrogen and oxygen atoms in total. The van der Waals surface area contributed by atoms with Gasteiger partial charge in [0.2, 0.25) is 0 Å². The molecule has 0 aromatic rings. The molecule has 0 fully saturated rings. The molecule has 58 valence electrons. The Labute approximate surface area is 66.2 Å². The number of hydrogen-bond acceptors (Lipinski definition) is 3. The van der Waals surface area contributed by atoms with Crippen LogP contribution < -0.4 is 11.1 Å². The van der Waals surface area contributed by atoms with Crippen molar-refractivity contribution >= 4 is 0 Å². The van der Waals surface area contributed by atoms with Crippen LogP contribution in [0.2, 0.25) is 0 Å². The minimum atomic E-state index is 0.490. The summed E-state index contributed by atoms with van der Waals surface area (Å²) in [5.74, 6) is 0.490. The molecule has 0 aromatic carbocycles. The molecule has 3 heteroatoms. The average molecular weight is 149 g/mol. The van der Waals surface area contributed by atoms with Crippen LogP contribution in [0.25, 0.3) is 0 Å². The molecule has 1 aliphatic heterocycles. The van der Waals surface area contributed by atoms with Crippen LogP contribution >= 0.6 is 0 Å². The van der Waals surface area contributed by atoms with Gasteiger partial charge in [0, 0.05) is 6.54 Å². The van der Waals surface area contributed by atoms with Gasteiger partial charge in [-0.2, -0.15) is 5.26 Å². The van der Waals surface area contributed by atoms with Crippen molar-refractivity contribution in [1.82, 2.24) is 5.32 Å². The van der Waals surface area contributed by atoms with Gasteiger partial charge in [0.05, 0.1) is 5.57 Å². The van der Waals surface area contributed by atoms with Crippen molar-refractivity contribution in [1.29, 1.82) is 5.26 Å². The van der Waals surface area contributed by atoms with Crippen LogP contribution in [0, 0.1) is 11.3 Å². The van der Waals surface area contributed by atoms with Gasteiger partial charge in [0.15, 0.2) is 0 Å². The zero-order valence-corrected chi connectivity index (χ0v) is 6.52. The number of nitrogens with one attached hydrogen (secondary N) is 1. The van der Waals surface area contributed by atoms with E-state index in [1.165, 1.54) is 5.57 Å². The second-order valence-electron chi connectivity index (χ2n) is 2.45. The molecule has 0 bridgehead atoms. The third kappa shape index (κ3) is 1.53. The highest BCUT2D eigenvalue weighted by molar-refractivity contribution is 5.41. The number of allylic oxidation sites excluding steroid dienone is 2. The summed E-state index contributed by atoms with van der Waals surface area (Å²) in [6.07, 6.45) is 2.82. The van der Waals surface area contributed by atoms with Gasteiger partial charge in [-0.1, -0.05) is 6.92 Å². The van der Waals surface area contributed by atoms with E-state index in [0.717, 1.165) is 13.0 Å². The SMILES string of the molecule is CCC1=CC(C#N)=C(N)NC1. The molecule has 11 heavy (non-hydrogen) atoms. The first kappa shape index (κ1) is 7.67. The van der Waals surface area contributed by atoms with E-state index in [2.05, 4.69) is 12.2 Å². The molecule has 1 aliphatic rings. The summed E-state index contributed by atoms with van der Waals surface area (Å²) in [7, 11) is 0. The number of rotatable bonds is 1. The number of nitrogens with two attached hydrogens (primary N) is 1. The molecule has 0 saturated carbocycles. The molecule has 0 aliphatic carbocycles. The lowest BCUT2D eigenvalue weighted by Crippen LogP contribution is -2.27. The Balaban J connectivity index is 2.89. The molecular formula is C8H11N3. The van der Waals surface area contributed by atoms with E-state index in [9.17, 15) is 0 Å². The van der Waals surface area contributed by atoms with E-state index >= 15 is 0 Å². The zero-order valence-electron chi connectivity index (χ0n) is 6.52. The van der Waals surface area contributed by atoms with Gasteiger partial charge < -0.3 is 11.1 Å². The number of hydrogen-bond donors (Lipinski definition) is 2. The van der Waals surface area contributed by atoms with Crippen LogP contribution in [0.1, 0.15) is 13.3 Å². The third-order valence-corrected chi connectivity index (χ3v) is 1.72. The molecule has 0 amide bonds. The monoisotopic (exact) mass is 149 g/mol. The number of nitriles is 1. The minimum absolute atomic E-state index is 0.490. The number of nitrogens with zero attached hydrogens (tertiary/aromatic N) is 1. The Hall–Kier alpha value is -1.43. The summed E-state index contributed by atoms with van der Waals surface area (Å²) in [4.78, 5) is 0. The Morgan fingerprint density at radius 1 is 1.82 bits per heavy atom. The lowest BCUT2D eigenvalue weighted by molar-refractivity contribution is 0.802. The molecule has 1 rings (SSSR count). The van der Waals surface area contributed by atoms with Crippen LogP contribution in [0.15, 0.2) is 23.0 Å². The first-order valence-electron chi connectivity index (χ1n) is 3.61. The zero-order chi connectivity index (χ0) is 8.27. The van der Waals surface area contributed by atoms with E-state index in [0.29, 0.717) is 11.4 Å². The summed E-state index contributed by atoms with van der Waals surface area (Å²) >= 11 is 0. The fourth-order valence-corrected chi connectivity index (χ4v) is 0.956. The normalized spacial score (nSPS) is 16.9. The highest BCUT2D eigenvalue weighted by atomic mass is 15.0. The fourth-order valence-electron chi connectivity index (χ4n) is 0.956. The summed E-state index contributed by atoms with van der Waals surface area (Å²) in [5, 5.41) is 11.6. The van der Waals surface area contributed by atoms with E-state index < -0.39 is 0 Å². The topological polar surface area (TPSA) is 61.8 Å². The van der Waals surface area contributed by atoms with E-state index in [4.69, 9.17) is 11.0 Å². The quantitative estimate of drug-likeness (QED) is 0.574. The van der Waals surface area contributed by atoms with Gasteiger partial charge in [-0.15, -0.1) is 0 Å². The van der Waals surface area contributed by atoms with Crippen molar-refractivity contribution in [2.75, 3.05) is 6.54 Å². The molecule has 3 N–H and O–H groups in total. The van der Waals surface area contributed by atoms with Gasteiger partial charge in [-0.05, 0) is 18.1 Å². The van der Waals surface area contributed by atoms with Crippen molar-refractivity contribution in [3.05, 3.63) is 23.0 Å². The van der Waals surface area contributed by atoms with Gasteiger partial charge in [0.1, 0.15) is 11.9 Å². The first-order chi connectivity index (χ1) is 5.27. The lowest BCUT2D eigenvalue weighted by atomic mass is 10.1. The summed E-state index contributed by atoms with van der Waals surface area (Å²) in [5.41, 5.74) is 7.28. The predicted octanol–water partition coefficient (Wildman–Crippen LogP) is 0.620. The van der Waals surface area contributed by atoms with Gasteiger partial charge in [-0.3, -0.25) is 0 Å². The standard InChI is InChI=1S/C8H11N3/c1-2-6-3-7(4-9)8(10)11-5-6/h3,11H,2,5,10H2,1H3. The molecule has 0 unspecified atom stereocenters. The van der Waals surface area contributed by atoms with E-state index in [-0.39, 0.29) is 0 Å². The average Bonchev–Trinajstić information content (AvgIpc) is 2.05. The van der Waals surface area contributed by atoms with Crippen molar-refractivity contribution in [2.45, 2.75) is 13.3 Å². The predicted molar refractivity (Wildman–Crippen MR) is 43.2 cm³/mol. The molecule has 0 radical (unpaired) electrons. The summed E-state index contributed by atoms with van der Waals surface area (Å²) in [6, 6.07) is 2.03. The molecule has 0 saturated heterocycles. The Kier molecular flexibility index (Phi) is 2.17. The molecule has 0 atom stereocenters. The second kappa shape index (κ2) is 3.11. The number of dihydropyridines is 1. The van der Waals surface area contributed by atoms with Crippen molar-refractivity contribution < 1.29 is 0 Å². The lowest BCUT2D eigenvalue weighted by Gasteiger charge is -2.14. The smallest absolute Gasteiger partial charge is 0.115 e. The van der Waals surface area contributed by atoms with Crippen LogP contribution in [-0.2, 0) is 0 Å². The first-order valence-corrected chi connectivity index (χ1v) is 3.61. The highest BCUT2D eigenvalue weighted by Gasteiger charge is 2.07. The van der Waals surface area contributed by atoms with Crippen LogP contribution in [0.5, 0.6) is 0 Å². The minimum Gasteiger partial charge on any atom is -0.384 e. The molecule has 1 heterocycles. The fraction of sp³-hybridized carbons (Fsp3) is 0.375. The maximum atomic E-state index is 8.60. The maximum absolute atomic E-state index is 8.60. The maximum Gasteiger partial charge on any atom is 0.115 e. The van der Waals surface area contributed by atoms with Gasteiger partial charge in [-0.25, -0.2) is 0 Å². The molecule has 0 aromatic heterocycles. The summed E-state index contributed by atoms with van der Waals surface area (Å²) in [6.45, 7) is 2.83. The van der Waals surface area contributed by atoms with Gasteiger partial charge >= 0.3 is 0 Å². The van der Waals surface area contributed by atoms with Gasteiger partial charge in [0.25, 0.3) is 0 Å². The second-order valence-corrected chi connectivity index (χ2v) is 2.45. The van der Waals surface area contributed by atoms with Crippen molar-refractivity contribution in [3.63, 3.8) is 0 Å². The Bertz CT molecular complexity index is 255. The Morgan fingerprint density at radius 3 is 3.09 bits per heavy atom. The van der Waals surface area contributed by atoms with E-state index in [1.54, 1.807) is 0 Å². The third-order valence-electron chi connectivity index (χ3n) is 1.72. The Morgan fingerprint density at radius 2 is 2.55 bits per heavy atom. The van der Waals surface area contributed by atoms with Crippen LogP contribution in [-0.4, -0.2) is 6.54 Å². The van der Waals surface area contributed by atoms with Crippen LogP contribution in [0.3, 0.4) is 0 Å². The molecule has 0 spiro atoms. The van der Waals surface area contributed by atoms with Crippen molar-refractivity contribution in [2.24, 2.45) is 5.73 Å². The summed E-state index contributed by atoms with van der Waals surface area (Å²) < 4.78 is 0. The van der Waals surface area contributed by atoms with Crippen molar-refractivity contribution in [3.8, 4) is 6.07 Å². The largest absolute Gasteiger partial charge is 0.384 e. The highest BCUT2D eigenvalue weighted by Crippen LogP contribution is 2.10.